The lowest BCUT2D eigenvalue weighted by Crippen LogP contribution is -2.59. The molecule has 0 radical (unpaired) electrons. The van der Waals surface area contributed by atoms with Gasteiger partial charge in [-0.15, -0.1) is 0 Å². The molecular weight excluding hydrogens is 378 g/mol. The summed E-state index contributed by atoms with van der Waals surface area (Å²) in [6.07, 6.45) is 3.94. The van der Waals surface area contributed by atoms with Gasteiger partial charge in [-0.25, -0.2) is 0 Å². The van der Waals surface area contributed by atoms with Crippen LogP contribution in [0.2, 0.25) is 0 Å². The van der Waals surface area contributed by atoms with Crippen LogP contribution in [0, 0.1) is 5.41 Å². The van der Waals surface area contributed by atoms with Crippen LogP contribution in [0.3, 0.4) is 0 Å². The van der Waals surface area contributed by atoms with Crippen LogP contribution in [0.5, 0.6) is 0 Å². The zero-order chi connectivity index (χ0) is 22.4. The van der Waals surface area contributed by atoms with Crippen molar-refractivity contribution in [3.05, 3.63) is 0 Å². The minimum atomic E-state index is -1.10. The molecule has 0 amide bonds. The molecule has 0 aliphatic heterocycles. The predicted molar refractivity (Wildman–Crippen MR) is 109 cm³/mol. The lowest BCUT2D eigenvalue weighted by atomic mass is 9.83. The van der Waals surface area contributed by atoms with Crippen LogP contribution in [0.1, 0.15) is 46.5 Å². The fraction of sp³-hybridized carbons (Fsp3) is 0.850. The Morgan fingerprint density at radius 1 is 0.862 bits per heavy atom. The van der Waals surface area contributed by atoms with E-state index < -0.39 is 42.5 Å². The Morgan fingerprint density at radius 2 is 1.31 bits per heavy atom. The summed E-state index contributed by atoms with van der Waals surface area (Å²) in [5.41, 5.74) is -0.441. The van der Waals surface area contributed by atoms with Gasteiger partial charge >= 0.3 is 17.9 Å². The third-order valence-electron chi connectivity index (χ3n) is 5.69. The van der Waals surface area contributed by atoms with E-state index in [4.69, 9.17) is 0 Å². The van der Waals surface area contributed by atoms with Crippen LogP contribution in [0.15, 0.2) is 0 Å². The van der Waals surface area contributed by atoms with Crippen molar-refractivity contribution in [1.29, 1.82) is 0 Å². The van der Waals surface area contributed by atoms with E-state index in [2.05, 4.69) is 4.90 Å². The summed E-state index contributed by atoms with van der Waals surface area (Å²) in [4.78, 5) is 39.9. The molecule has 0 aromatic heterocycles. The van der Waals surface area contributed by atoms with Gasteiger partial charge in [0.2, 0.25) is 0 Å². The highest BCUT2D eigenvalue weighted by atomic mass is 16.4. The van der Waals surface area contributed by atoms with Crippen molar-refractivity contribution in [2.24, 2.45) is 5.41 Å². The average Bonchev–Trinajstić information content (AvgIpc) is 2.55. The number of rotatable bonds is 11. The lowest BCUT2D eigenvalue weighted by Gasteiger charge is -2.47. The Labute approximate surface area is 173 Å². The van der Waals surface area contributed by atoms with Crippen molar-refractivity contribution in [1.82, 2.24) is 14.7 Å². The zero-order valence-corrected chi connectivity index (χ0v) is 18.3. The van der Waals surface area contributed by atoms with Gasteiger partial charge in [0, 0.05) is 24.7 Å². The van der Waals surface area contributed by atoms with Crippen molar-refractivity contribution in [3.63, 3.8) is 0 Å². The van der Waals surface area contributed by atoms with Gasteiger partial charge in [0.1, 0.15) is 0 Å². The number of carbonyl (C=O) groups is 3. The molecule has 0 unspecified atom stereocenters. The topological polar surface area (TPSA) is 122 Å². The number of aliphatic carboxylic acids is 3. The summed E-state index contributed by atoms with van der Waals surface area (Å²) in [5.74, 6) is -3.15. The van der Waals surface area contributed by atoms with Crippen LogP contribution in [-0.2, 0) is 14.4 Å². The maximum absolute atomic E-state index is 11.6. The first-order valence-electron chi connectivity index (χ1n) is 10.1. The first-order valence-corrected chi connectivity index (χ1v) is 10.1. The van der Waals surface area contributed by atoms with E-state index in [0.29, 0.717) is 6.54 Å². The first-order chi connectivity index (χ1) is 13.3. The van der Waals surface area contributed by atoms with Crippen LogP contribution in [0.25, 0.3) is 0 Å². The van der Waals surface area contributed by atoms with Gasteiger partial charge in [0.05, 0.1) is 19.6 Å². The molecule has 0 aromatic rings. The number of likely N-dealkylation sites (N-methyl/N-ethyl adjacent to an activating group) is 1. The maximum atomic E-state index is 11.6. The Hall–Kier alpha value is -1.71. The number of carboxylic acid groups (broad SMARTS) is 3. The van der Waals surface area contributed by atoms with Crippen LogP contribution < -0.4 is 0 Å². The molecule has 1 fully saturated rings. The highest BCUT2D eigenvalue weighted by Crippen LogP contribution is 2.30. The summed E-state index contributed by atoms with van der Waals surface area (Å²) < 4.78 is 0. The lowest BCUT2D eigenvalue weighted by molar-refractivity contribution is -0.146. The molecular formula is C20H37N3O6. The van der Waals surface area contributed by atoms with Crippen molar-refractivity contribution < 1.29 is 29.7 Å². The van der Waals surface area contributed by atoms with E-state index in [9.17, 15) is 29.7 Å². The molecule has 1 rings (SSSR count). The molecule has 0 saturated heterocycles. The normalized spacial score (nSPS) is 21.5. The highest BCUT2D eigenvalue weighted by molar-refractivity contribution is 5.72. The molecule has 0 heterocycles. The molecule has 3 atom stereocenters. The molecule has 0 aromatic carbocycles. The average molecular weight is 416 g/mol. The third-order valence-corrected chi connectivity index (χ3v) is 5.69. The first kappa shape index (κ1) is 25.3. The van der Waals surface area contributed by atoms with E-state index in [1.54, 1.807) is 0 Å². The van der Waals surface area contributed by atoms with Crippen molar-refractivity contribution >= 4 is 17.9 Å². The summed E-state index contributed by atoms with van der Waals surface area (Å²) in [6, 6.07) is -0.203. The molecule has 1 aliphatic rings. The monoisotopic (exact) mass is 415 g/mol. The standard InChI is InChI=1S/C20H37N3O6/c1-20(2,3)16(23(12-18(26)27)13-19(28)29)10-22(11-17(24)25)15-9-7-6-8-14(15)21(4)5/h14-16H,6-13H2,1-5H3,(H,24,25)(H,26,27)(H,28,29)/t14-,15+,16+/m1/s1. The van der Waals surface area contributed by atoms with Crippen LogP contribution in [-0.4, -0.2) is 106 Å². The predicted octanol–water partition coefficient (Wildman–Crippen LogP) is 1.13. The van der Waals surface area contributed by atoms with E-state index in [0.717, 1.165) is 25.7 Å². The van der Waals surface area contributed by atoms with Crippen LogP contribution in [0.4, 0.5) is 0 Å². The van der Waals surface area contributed by atoms with Gasteiger partial charge in [-0.2, -0.15) is 0 Å². The minimum absolute atomic E-state index is 0.0243. The summed E-state index contributed by atoms with van der Waals surface area (Å²) >= 11 is 0. The largest absolute Gasteiger partial charge is 0.480 e. The Kier molecular flexibility index (Phi) is 9.51. The molecule has 1 saturated carbocycles. The summed E-state index contributed by atoms with van der Waals surface area (Å²) in [5, 5.41) is 28.1. The molecule has 3 N–H and O–H groups in total. The van der Waals surface area contributed by atoms with Crippen LogP contribution >= 0.6 is 0 Å². The van der Waals surface area contributed by atoms with Crippen molar-refractivity contribution in [3.8, 4) is 0 Å². The Balaban J connectivity index is 3.24. The SMILES string of the molecule is CN(C)[C@@H]1CCCC[C@@H]1N(CC(=O)O)C[C@H](N(CC(=O)O)CC(=O)O)C(C)(C)C. The molecule has 1 aliphatic carbocycles. The van der Waals surface area contributed by atoms with E-state index in [-0.39, 0.29) is 18.6 Å². The smallest absolute Gasteiger partial charge is 0.317 e. The van der Waals surface area contributed by atoms with Crippen molar-refractivity contribution in [2.45, 2.75) is 64.6 Å². The number of carboxylic acids is 3. The van der Waals surface area contributed by atoms with Gasteiger partial charge in [0.15, 0.2) is 0 Å². The Morgan fingerprint density at radius 3 is 1.69 bits per heavy atom. The molecule has 0 bridgehead atoms. The van der Waals surface area contributed by atoms with Gasteiger partial charge < -0.3 is 20.2 Å². The molecule has 0 spiro atoms. The highest BCUT2D eigenvalue weighted by Gasteiger charge is 2.39. The molecule has 9 heteroatoms. The number of nitrogens with zero attached hydrogens (tertiary/aromatic N) is 3. The van der Waals surface area contributed by atoms with E-state index in [1.807, 2.05) is 39.8 Å². The number of hydrogen-bond donors (Lipinski definition) is 3. The summed E-state index contributed by atoms with van der Waals surface area (Å²) in [6.45, 7) is 5.11. The minimum Gasteiger partial charge on any atom is -0.480 e. The number of hydrogen-bond acceptors (Lipinski definition) is 6. The maximum Gasteiger partial charge on any atom is 0.317 e. The second kappa shape index (κ2) is 10.9. The molecule has 168 valence electrons. The van der Waals surface area contributed by atoms with Gasteiger partial charge in [-0.05, 0) is 32.4 Å². The van der Waals surface area contributed by atoms with E-state index in [1.165, 1.54) is 4.90 Å². The molecule has 29 heavy (non-hydrogen) atoms. The second-order valence-corrected chi connectivity index (χ2v) is 9.28. The van der Waals surface area contributed by atoms with E-state index >= 15 is 0 Å². The van der Waals surface area contributed by atoms with Gasteiger partial charge in [-0.3, -0.25) is 24.2 Å². The summed E-state index contributed by atoms with van der Waals surface area (Å²) in [7, 11) is 3.98. The molecule has 9 nitrogen and oxygen atoms in total. The quantitative estimate of drug-likeness (QED) is 0.456. The van der Waals surface area contributed by atoms with Crippen molar-refractivity contribution in [2.75, 3.05) is 40.3 Å². The zero-order valence-electron chi connectivity index (χ0n) is 18.3. The van der Waals surface area contributed by atoms with Gasteiger partial charge in [0.25, 0.3) is 0 Å². The third kappa shape index (κ3) is 8.28. The van der Waals surface area contributed by atoms with Gasteiger partial charge in [-0.1, -0.05) is 33.6 Å². The second-order valence-electron chi connectivity index (χ2n) is 9.28. The Bertz CT molecular complexity index is 559. The fourth-order valence-corrected chi connectivity index (χ4v) is 4.39. The fourth-order valence-electron chi connectivity index (χ4n) is 4.39.